The number of carbonyl (C=O) groups excluding carboxylic acids is 1. The van der Waals surface area contributed by atoms with E-state index in [1.807, 2.05) is 7.05 Å². The summed E-state index contributed by atoms with van der Waals surface area (Å²) in [4.78, 5) is 12.3. The number of nitrogens with zero attached hydrogens (tertiary/aromatic N) is 4. The molecule has 0 radical (unpaired) electrons. The van der Waals surface area contributed by atoms with Gasteiger partial charge < -0.3 is 10.1 Å². The van der Waals surface area contributed by atoms with E-state index in [1.54, 1.807) is 35.1 Å². The summed E-state index contributed by atoms with van der Waals surface area (Å²) < 4.78 is 8.27. The van der Waals surface area contributed by atoms with E-state index in [-0.39, 0.29) is 5.91 Å². The van der Waals surface area contributed by atoms with Gasteiger partial charge in [0.05, 0.1) is 29.3 Å². The normalized spacial score (nSPS) is 14.5. The summed E-state index contributed by atoms with van der Waals surface area (Å²) >= 11 is 0. The fourth-order valence-corrected chi connectivity index (χ4v) is 2.17. The summed E-state index contributed by atoms with van der Waals surface area (Å²) in [5.74, 6) is 0.296. The van der Waals surface area contributed by atoms with Gasteiger partial charge in [-0.15, -0.1) is 0 Å². The van der Waals surface area contributed by atoms with E-state index in [1.165, 1.54) is 0 Å². The van der Waals surface area contributed by atoms with Gasteiger partial charge in [0.15, 0.2) is 0 Å². The topological polar surface area (TPSA) is 74.0 Å². The molecule has 7 heteroatoms. The fourth-order valence-electron chi connectivity index (χ4n) is 2.17. The summed E-state index contributed by atoms with van der Waals surface area (Å²) in [5, 5.41) is 11.3. The van der Waals surface area contributed by atoms with Crippen LogP contribution < -0.4 is 5.32 Å². The van der Waals surface area contributed by atoms with Gasteiger partial charge in [-0.25, -0.2) is 4.68 Å². The third kappa shape index (κ3) is 2.57. The van der Waals surface area contributed by atoms with Gasteiger partial charge in [-0.2, -0.15) is 10.2 Å². The van der Waals surface area contributed by atoms with E-state index in [4.69, 9.17) is 4.74 Å². The van der Waals surface area contributed by atoms with Crippen LogP contribution in [0.2, 0.25) is 0 Å². The Bertz CT molecular complexity index is 626. The highest BCUT2D eigenvalue weighted by molar-refractivity contribution is 6.05. The monoisotopic (exact) mass is 275 g/mol. The highest BCUT2D eigenvalue weighted by atomic mass is 16.5. The van der Waals surface area contributed by atoms with Gasteiger partial charge in [-0.05, 0) is 12.8 Å². The van der Waals surface area contributed by atoms with Crippen molar-refractivity contribution in [2.45, 2.75) is 25.5 Å². The molecule has 0 atom stereocenters. The van der Waals surface area contributed by atoms with Crippen LogP contribution in [0.15, 0.2) is 18.6 Å². The fraction of sp³-hybridized carbons (Fsp3) is 0.462. The minimum Gasteiger partial charge on any atom is -0.362 e. The SMILES string of the molecule is COCn1cc(NC(=O)c2cn(C)nc2C2CC2)cn1. The molecule has 1 fully saturated rings. The molecule has 1 saturated carbocycles. The number of amides is 1. The van der Waals surface area contributed by atoms with Crippen LogP contribution in [-0.2, 0) is 18.5 Å². The zero-order valence-corrected chi connectivity index (χ0v) is 11.5. The van der Waals surface area contributed by atoms with Crippen molar-refractivity contribution in [2.75, 3.05) is 12.4 Å². The minimum absolute atomic E-state index is 0.142. The Hall–Kier alpha value is -2.15. The molecular weight excluding hydrogens is 258 g/mol. The maximum absolute atomic E-state index is 12.3. The van der Waals surface area contributed by atoms with E-state index in [2.05, 4.69) is 15.5 Å². The lowest BCUT2D eigenvalue weighted by atomic mass is 10.1. The van der Waals surface area contributed by atoms with E-state index >= 15 is 0 Å². The molecule has 3 rings (SSSR count). The molecule has 2 heterocycles. The lowest BCUT2D eigenvalue weighted by Crippen LogP contribution is -2.12. The van der Waals surface area contributed by atoms with Crippen LogP contribution in [0.3, 0.4) is 0 Å². The van der Waals surface area contributed by atoms with Gasteiger partial charge >= 0.3 is 0 Å². The summed E-state index contributed by atoms with van der Waals surface area (Å²) in [5.41, 5.74) is 2.20. The third-order valence-electron chi connectivity index (χ3n) is 3.22. The third-order valence-corrected chi connectivity index (χ3v) is 3.22. The van der Waals surface area contributed by atoms with Crippen molar-refractivity contribution in [3.8, 4) is 0 Å². The van der Waals surface area contributed by atoms with Crippen LogP contribution in [-0.4, -0.2) is 32.6 Å². The Labute approximate surface area is 116 Å². The lowest BCUT2D eigenvalue weighted by Gasteiger charge is -2.02. The summed E-state index contributed by atoms with van der Waals surface area (Å²) in [6.45, 7) is 0.357. The molecule has 1 amide bonds. The zero-order valence-electron chi connectivity index (χ0n) is 11.5. The van der Waals surface area contributed by atoms with Crippen molar-refractivity contribution in [3.05, 3.63) is 29.8 Å². The number of ether oxygens (including phenoxy) is 1. The van der Waals surface area contributed by atoms with Crippen molar-refractivity contribution < 1.29 is 9.53 Å². The van der Waals surface area contributed by atoms with E-state index in [9.17, 15) is 4.79 Å². The molecule has 1 aliphatic carbocycles. The van der Waals surface area contributed by atoms with Gasteiger partial charge in [0, 0.05) is 26.3 Å². The molecule has 2 aromatic heterocycles. The zero-order chi connectivity index (χ0) is 14.1. The Kier molecular flexibility index (Phi) is 3.27. The molecule has 0 aromatic carbocycles. The number of rotatable bonds is 5. The highest BCUT2D eigenvalue weighted by Crippen LogP contribution is 2.40. The first kappa shape index (κ1) is 12.9. The van der Waals surface area contributed by atoms with Gasteiger partial charge in [0.1, 0.15) is 6.73 Å². The number of hydrogen-bond acceptors (Lipinski definition) is 4. The predicted molar refractivity (Wildman–Crippen MR) is 72.4 cm³/mol. The number of anilines is 1. The molecule has 0 unspecified atom stereocenters. The smallest absolute Gasteiger partial charge is 0.259 e. The number of aromatic nitrogens is 4. The van der Waals surface area contributed by atoms with Gasteiger partial charge in [-0.3, -0.25) is 9.48 Å². The molecular formula is C13H17N5O2. The van der Waals surface area contributed by atoms with Crippen LogP contribution in [0.5, 0.6) is 0 Å². The van der Waals surface area contributed by atoms with Crippen LogP contribution in [0, 0.1) is 0 Å². The van der Waals surface area contributed by atoms with Gasteiger partial charge in [-0.1, -0.05) is 0 Å². The first-order valence-electron chi connectivity index (χ1n) is 6.53. The maximum Gasteiger partial charge on any atom is 0.259 e. The second kappa shape index (κ2) is 5.09. The van der Waals surface area contributed by atoms with Crippen molar-refractivity contribution >= 4 is 11.6 Å². The Balaban J connectivity index is 1.75. The minimum atomic E-state index is -0.142. The van der Waals surface area contributed by atoms with Crippen LogP contribution in [0.1, 0.15) is 34.8 Å². The van der Waals surface area contributed by atoms with Crippen LogP contribution in [0.25, 0.3) is 0 Å². The molecule has 7 nitrogen and oxygen atoms in total. The largest absolute Gasteiger partial charge is 0.362 e. The van der Waals surface area contributed by atoms with E-state index in [0.29, 0.717) is 23.9 Å². The van der Waals surface area contributed by atoms with Crippen molar-refractivity contribution in [1.29, 1.82) is 0 Å². The quantitative estimate of drug-likeness (QED) is 0.894. The Morgan fingerprint density at radius 1 is 1.50 bits per heavy atom. The molecule has 0 saturated heterocycles. The molecule has 1 aliphatic rings. The number of hydrogen-bond donors (Lipinski definition) is 1. The highest BCUT2D eigenvalue weighted by Gasteiger charge is 2.31. The second-order valence-corrected chi connectivity index (χ2v) is 5.02. The molecule has 20 heavy (non-hydrogen) atoms. The van der Waals surface area contributed by atoms with Crippen molar-refractivity contribution in [3.63, 3.8) is 0 Å². The first-order chi connectivity index (χ1) is 9.67. The van der Waals surface area contributed by atoms with E-state index < -0.39 is 0 Å². The summed E-state index contributed by atoms with van der Waals surface area (Å²) in [6, 6.07) is 0. The molecule has 0 aliphatic heterocycles. The molecule has 2 aromatic rings. The number of nitrogens with one attached hydrogen (secondary N) is 1. The standard InChI is InChI=1S/C13H17N5O2/c1-17-7-11(12(16-17)9-3-4-9)13(19)15-10-5-14-18(6-10)8-20-2/h5-7,9H,3-4,8H2,1-2H3,(H,15,19). The second-order valence-electron chi connectivity index (χ2n) is 5.02. The molecule has 106 valence electrons. The Morgan fingerprint density at radius 2 is 2.30 bits per heavy atom. The molecule has 1 N–H and O–H groups in total. The van der Waals surface area contributed by atoms with Gasteiger partial charge in [0.25, 0.3) is 5.91 Å². The number of carbonyl (C=O) groups is 1. The summed E-state index contributed by atoms with van der Waals surface area (Å²) in [7, 11) is 3.43. The van der Waals surface area contributed by atoms with Crippen molar-refractivity contribution in [2.24, 2.45) is 7.05 Å². The van der Waals surface area contributed by atoms with Crippen LogP contribution in [0.4, 0.5) is 5.69 Å². The van der Waals surface area contributed by atoms with E-state index in [0.717, 1.165) is 18.5 Å². The Morgan fingerprint density at radius 3 is 3.00 bits per heavy atom. The lowest BCUT2D eigenvalue weighted by molar-refractivity contribution is 0.102. The molecule has 0 spiro atoms. The first-order valence-corrected chi connectivity index (χ1v) is 6.53. The van der Waals surface area contributed by atoms with Crippen molar-refractivity contribution in [1.82, 2.24) is 19.6 Å². The average molecular weight is 275 g/mol. The number of aryl methyl sites for hydroxylation is 1. The summed E-state index contributed by atoms with van der Waals surface area (Å²) in [6.07, 6.45) is 7.33. The van der Waals surface area contributed by atoms with Gasteiger partial charge in [0.2, 0.25) is 0 Å². The van der Waals surface area contributed by atoms with Crippen LogP contribution >= 0.6 is 0 Å². The maximum atomic E-state index is 12.3. The predicted octanol–water partition coefficient (Wildman–Crippen LogP) is 1.35. The molecule has 0 bridgehead atoms. The number of methoxy groups -OCH3 is 1. The average Bonchev–Trinajstić information content (AvgIpc) is 3.05.